The maximum atomic E-state index is 6.27. The predicted octanol–water partition coefficient (Wildman–Crippen LogP) is 8.91. The monoisotopic (exact) mass is 503 g/mol. The zero-order valence-corrected chi connectivity index (χ0v) is 20.8. The molecule has 0 unspecified atom stereocenters. The first-order valence-electron chi connectivity index (χ1n) is 12.8. The van der Waals surface area contributed by atoms with Crippen LogP contribution in [0.25, 0.3) is 72.6 Å². The van der Waals surface area contributed by atoms with Crippen LogP contribution in [0, 0.1) is 0 Å². The molecular weight excluding hydrogens is 482 g/mol. The number of furan rings is 1. The van der Waals surface area contributed by atoms with Crippen molar-refractivity contribution in [3.63, 3.8) is 0 Å². The van der Waals surface area contributed by atoms with Crippen molar-refractivity contribution in [1.29, 1.82) is 0 Å². The van der Waals surface area contributed by atoms with E-state index in [1.54, 1.807) is 6.26 Å². The summed E-state index contributed by atoms with van der Waals surface area (Å²) >= 11 is 0. The van der Waals surface area contributed by atoms with Crippen LogP contribution in [0.2, 0.25) is 0 Å². The lowest BCUT2D eigenvalue weighted by molar-refractivity contribution is 0.583. The van der Waals surface area contributed by atoms with E-state index >= 15 is 0 Å². The first-order valence-corrected chi connectivity index (χ1v) is 12.8. The number of nitrogens with zero attached hydrogens (tertiary/aromatic N) is 3. The van der Waals surface area contributed by atoms with Gasteiger partial charge in [-0.25, -0.2) is 4.98 Å². The number of hydrogen-bond donors (Lipinski definition) is 0. The summed E-state index contributed by atoms with van der Waals surface area (Å²) in [5.41, 5.74) is 8.64. The molecule has 0 aliphatic heterocycles. The van der Waals surface area contributed by atoms with Crippen LogP contribution in [0.3, 0.4) is 0 Å². The molecule has 39 heavy (non-hydrogen) atoms. The Morgan fingerprint density at radius 2 is 1.54 bits per heavy atom. The van der Waals surface area contributed by atoms with Gasteiger partial charge < -0.3 is 13.4 Å². The molecule has 0 amide bonds. The first kappa shape index (κ1) is 21.6. The fourth-order valence-electron chi connectivity index (χ4n) is 5.42. The molecule has 0 N–H and O–H groups in total. The molecule has 4 heterocycles. The van der Waals surface area contributed by atoms with Crippen LogP contribution in [0.4, 0.5) is 0 Å². The van der Waals surface area contributed by atoms with Gasteiger partial charge in [-0.15, -0.1) is 0 Å². The molecule has 0 fully saturated rings. The molecule has 184 valence electrons. The summed E-state index contributed by atoms with van der Waals surface area (Å²) < 4.78 is 14.2. The van der Waals surface area contributed by atoms with Crippen LogP contribution in [0.5, 0.6) is 0 Å². The molecule has 0 spiro atoms. The Morgan fingerprint density at radius 3 is 2.44 bits per heavy atom. The zero-order valence-electron chi connectivity index (χ0n) is 20.8. The van der Waals surface area contributed by atoms with E-state index in [1.165, 1.54) is 10.8 Å². The highest BCUT2D eigenvalue weighted by molar-refractivity contribution is 6.10. The van der Waals surface area contributed by atoms with Gasteiger partial charge in [0.2, 0.25) is 5.89 Å². The van der Waals surface area contributed by atoms with Gasteiger partial charge in [0.05, 0.1) is 23.0 Å². The van der Waals surface area contributed by atoms with E-state index in [2.05, 4.69) is 76.3 Å². The van der Waals surface area contributed by atoms with Crippen molar-refractivity contribution in [3.05, 3.63) is 128 Å². The number of aromatic nitrogens is 3. The number of hydrogen-bond acceptors (Lipinski definition) is 4. The van der Waals surface area contributed by atoms with Gasteiger partial charge in [-0.1, -0.05) is 48.5 Å². The van der Waals surface area contributed by atoms with Crippen LogP contribution >= 0.6 is 0 Å². The van der Waals surface area contributed by atoms with E-state index in [1.807, 2.05) is 54.7 Å². The maximum Gasteiger partial charge on any atom is 0.227 e. The quantitative estimate of drug-likeness (QED) is 0.241. The Balaban J connectivity index is 1.34. The number of rotatable bonds is 4. The highest BCUT2D eigenvalue weighted by Gasteiger charge is 2.17. The van der Waals surface area contributed by atoms with Crippen molar-refractivity contribution in [1.82, 2.24) is 14.5 Å². The van der Waals surface area contributed by atoms with Gasteiger partial charge >= 0.3 is 0 Å². The number of para-hydroxylation sites is 2. The minimum atomic E-state index is 0.574. The molecule has 5 heteroatoms. The largest absolute Gasteiger partial charge is 0.464 e. The van der Waals surface area contributed by atoms with Gasteiger partial charge in [0, 0.05) is 39.3 Å². The molecule has 0 saturated carbocycles. The van der Waals surface area contributed by atoms with Crippen LogP contribution in [-0.2, 0) is 0 Å². The zero-order chi connectivity index (χ0) is 25.8. The highest BCUT2D eigenvalue weighted by atomic mass is 16.3. The van der Waals surface area contributed by atoms with Gasteiger partial charge in [0.25, 0.3) is 0 Å². The molecule has 0 saturated heterocycles. The summed E-state index contributed by atoms with van der Waals surface area (Å²) in [6.45, 7) is 0. The van der Waals surface area contributed by atoms with Crippen LogP contribution in [0.1, 0.15) is 0 Å². The number of pyridine rings is 1. The average Bonchev–Trinajstić information content (AvgIpc) is 3.75. The number of oxazole rings is 1. The Labute approximate surface area is 223 Å². The van der Waals surface area contributed by atoms with Crippen molar-refractivity contribution in [2.75, 3.05) is 0 Å². The Kier molecular flexibility index (Phi) is 4.76. The predicted molar refractivity (Wildman–Crippen MR) is 155 cm³/mol. The molecule has 4 aromatic carbocycles. The van der Waals surface area contributed by atoms with Crippen LogP contribution < -0.4 is 0 Å². The van der Waals surface area contributed by atoms with Crippen molar-refractivity contribution in [3.8, 4) is 39.7 Å². The van der Waals surface area contributed by atoms with Crippen molar-refractivity contribution < 1.29 is 8.83 Å². The van der Waals surface area contributed by atoms with Gasteiger partial charge in [-0.05, 0) is 66.7 Å². The summed E-state index contributed by atoms with van der Waals surface area (Å²) in [6.07, 6.45) is 3.50. The minimum Gasteiger partial charge on any atom is -0.464 e. The number of benzene rings is 4. The average molecular weight is 504 g/mol. The molecule has 5 nitrogen and oxygen atoms in total. The van der Waals surface area contributed by atoms with E-state index in [9.17, 15) is 0 Å². The van der Waals surface area contributed by atoms with Gasteiger partial charge in [0.15, 0.2) is 5.58 Å². The van der Waals surface area contributed by atoms with E-state index in [4.69, 9.17) is 13.8 Å². The molecule has 0 bridgehead atoms. The molecule has 8 aromatic rings. The Bertz CT molecular complexity index is 2120. The van der Waals surface area contributed by atoms with E-state index in [0.717, 1.165) is 56.0 Å². The van der Waals surface area contributed by atoms with Crippen molar-refractivity contribution in [2.45, 2.75) is 0 Å². The molecule has 0 aliphatic rings. The third kappa shape index (κ3) is 3.48. The lowest BCUT2D eigenvalue weighted by Gasteiger charge is -2.10. The normalized spacial score (nSPS) is 11.6. The van der Waals surface area contributed by atoms with E-state index in [-0.39, 0.29) is 0 Å². The second kappa shape index (κ2) is 8.57. The molecule has 0 atom stereocenters. The van der Waals surface area contributed by atoms with Crippen LogP contribution in [0.15, 0.2) is 137 Å². The smallest absolute Gasteiger partial charge is 0.227 e. The summed E-state index contributed by atoms with van der Waals surface area (Å²) in [5.74, 6) is 1.34. The topological polar surface area (TPSA) is 57.0 Å². The van der Waals surface area contributed by atoms with Crippen molar-refractivity contribution >= 4 is 32.9 Å². The molecule has 4 aromatic heterocycles. The Morgan fingerprint density at radius 1 is 0.641 bits per heavy atom. The molecule has 0 radical (unpaired) electrons. The maximum absolute atomic E-state index is 6.27. The Hall–Kier alpha value is -5.42. The lowest BCUT2D eigenvalue weighted by Crippen LogP contribution is -1.95. The van der Waals surface area contributed by atoms with E-state index < -0.39 is 0 Å². The van der Waals surface area contributed by atoms with Gasteiger partial charge in [0.1, 0.15) is 11.3 Å². The summed E-state index contributed by atoms with van der Waals surface area (Å²) in [6, 6.07) is 39.1. The lowest BCUT2D eigenvalue weighted by atomic mass is 10.1. The third-order valence-electron chi connectivity index (χ3n) is 7.19. The highest BCUT2D eigenvalue weighted by Crippen LogP contribution is 2.37. The SMILES string of the molecule is c1ccc(-c2cccc(-n3c4ccccc4c4ccc(-c5nc6c(-c7ccco7)cccc6o5)cc43)c2)nc1. The summed E-state index contributed by atoms with van der Waals surface area (Å²) in [5, 5.41) is 2.37. The summed E-state index contributed by atoms with van der Waals surface area (Å²) in [4.78, 5) is 9.47. The van der Waals surface area contributed by atoms with Gasteiger partial charge in [-0.2, -0.15) is 0 Å². The molecule has 8 rings (SSSR count). The fraction of sp³-hybridized carbons (Fsp3) is 0. The third-order valence-corrected chi connectivity index (χ3v) is 7.19. The second-order valence-corrected chi connectivity index (χ2v) is 9.50. The first-order chi connectivity index (χ1) is 19.3. The fourth-order valence-corrected chi connectivity index (χ4v) is 5.42. The van der Waals surface area contributed by atoms with Crippen molar-refractivity contribution in [2.24, 2.45) is 0 Å². The standard InChI is InChI=1S/C34H21N3O2/c1-2-13-29-25(10-1)26-17-16-23(34-36-33-27(31-15-7-19-38-31)11-6-14-32(33)39-34)21-30(26)37(29)24-9-5-8-22(20-24)28-12-3-4-18-35-28/h1-21H. The second-order valence-electron chi connectivity index (χ2n) is 9.50. The number of fused-ring (bicyclic) bond motifs is 4. The molecular formula is C34H21N3O2. The van der Waals surface area contributed by atoms with E-state index in [0.29, 0.717) is 5.89 Å². The minimum absolute atomic E-state index is 0.574. The summed E-state index contributed by atoms with van der Waals surface area (Å²) in [7, 11) is 0. The van der Waals surface area contributed by atoms with Crippen LogP contribution in [-0.4, -0.2) is 14.5 Å². The molecule has 0 aliphatic carbocycles. The van der Waals surface area contributed by atoms with Gasteiger partial charge in [-0.3, -0.25) is 4.98 Å².